The van der Waals surface area contributed by atoms with Gasteiger partial charge in [-0.05, 0) is 36.8 Å². The zero-order chi connectivity index (χ0) is 13.4. The molecule has 3 nitrogen and oxygen atoms in total. The van der Waals surface area contributed by atoms with E-state index in [-0.39, 0.29) is 18.1 Å². The predicted molar refractivity (Wildman–Crippen MR) is 74.9 cm³/mol. The van der Waals surface area contributed by atoms with E-state index in [2.05, 4.69) is 36.5 Å². The van der Waals surface area contributed by atoms with Gasteiger partial charge in [0.15, 0.2) is 0 Å². The summed E-state index contributed by atoms with van der Waals surface area (Å²) in [5, 5.41) is 2.74. The van der Waals surface area contributed by atoms with Crippen LogP contribution in [0, 0.1) is 0 Å². The third-order valence-electron chi connectivity index (χ3n) is 2.38. The van der Waals surface area contributed by atoms with Crippen molar-refractivity contribution in [2.45, 2.75) is 31.6 Å². The molecule has 0 saturated heterocycles. The molecule has 0 fully saturated rings. The highest BCUT2D eigenvalue weighted by Crippen LogP contribution is 2.17. The minimum Gasteiger partial charge on any atom is -0.355 e. The second kappa shape index (κ2) is 7.93. The number of carbonyl (C=O) groups is 2. The number of hydrogen-bond donors (Lipinski definition) is 1. The zero-order valence-corrected chi connectivity index (χ0v) is 11.7. The molecule has 0 saturated carbocycles. The maximum atomic E-state index is 11.2. The Labute approximate surface area is 112 Å². The van der Waals surface area contributed by atoms with Crippen molar-refractivity contribution >= 4 is 23.5 Å². The average Bonchev–Trinajstić information content (AvgIpc) is 2.31. The van der Waals surface area contributed by atoms with Gasteiger partial charge < -0.3 is 5.32 Å². The summed E-state index contributed by atoms with van der Waals surface area (Å²) in [5.41, 5.74) is 1.19. The number of carbonyl (C=O) groups excluding carboxylic acids is 2. The van der Waals surface area contributed by atoms with Crippen LogP contribution in [0.15, 0.2) is 29.2 Å². The topological polar surface area (TPSA) is 46.2 Å². The smallest absolute Gasteiger partial charge is 0.227 e. The van der Waals surface area contributed by atoms with Crippen LogP contribution < -0.4 is 5.32 Å². The summed E-state index contributed by atoms with van der Waals surface area (Å²) in [5.74, 6) is 0.773. The van der Waals surface area contributed by atoms with Gasteiger partial charge in [-0.25, -0.2) is 0 Å². The molecule has 0 heterocycles. The second-order valence-electron chi connectivity index (χ2n) is 4.06. The number of rotatable bonds is 7. The van der Waals surface area contributed by atoms with Crippen LogP contribution in [0.5, 0.6) is 0 Å². The van der Waals surface area contributed by atoms with E-state index in [1.54, 1.807) is 0 Å². The van der Waals surface area contributed by atoms with Crippen LogP contribution in [0.25, 0.3) is 0 Å². The summed E-state index contributed by atoms with van der Waals surface area (Å²) < 4.78 is 0. The lowest BCUT2D eigenvalue weighted by Gasteiger charge is -2.05. The molecule has 18 heavy (non-hydrogen) atoms. The Morgan fingerprint density at radius 1 is 1.22 bits per heavy atom. The largest absolute Gasteiger partial charge is 0.355 e. The van der Waals surface area contributed by atoms with Gasteiger partial charge in [0.2, 0.25) is 5.91 Å². The van der Waals surface area contributed by atoms with Gasteiger partial charge >= 0.3 is 0 Å². The van der Waals surface area contributed by atoms with Crippen molar-refractivity contribution in [1.82, 2.24) is 5.32 Å². The van der Waals surface area contributed by atoms with Crippen molar-refractivity contribution in [1.29, 1.82) is 0 Å². The van der Waals surface area contributed by atoms with Crippen LogP contribution in [0.2, 0.25) is 0 Å². The third kappa shape index (κ3) is 5.87. The molecule has 0 aromatic heterocycles. The number of nitrogens with one attached hydrogen (secondary N) is 1. The van der Waals surface area contributed by atoms with Gasteiger partial charge in [0.1, 0.15) is 5.78 Å². The third-order valence-corrected chi connectivity index (χ3v) is 3.27. The van der Waals surface area contributed by atoms with Gasteiger partial charge in [-0.3, -0.25) is 9.59 Å². The number of benzene rings is 1. The summed E-state index contributed by atoms with van der Waals surface area (Å²) in [6.07, 6.45) is 0.771. The Bertz CT molecular complexity index is 401. The van der Waals surface area contributed by atoms with Crippen molar-refractivity contribution in [2.24, 2.45) is 0 Å². The molecule has 0 atom stereocenters. The zero-order valence-electron chi connectivity index (χ0n) is 10.9. The highest BCUT2D eigenvalue weighted by molar-refractivity contribution is 7.99. The first kappa shape index (κ1) is 14.8. The molecule has 1 aromatic rings. The fourth-order valence-corrected chi connectivity index (χ4v) is 2.22. The molecule has 4 heteroatoms. The van der Waals surface area contributed by atoms with E-state index in [9.17, 15) is 9.59 Å². The summed E-state index contributed by atoms with van der Waals surface area (Å²) >= 11 is 1.81. The second-order valence-corrected chi connectivity index (χ2v) is 5.39. The standard InChI is InChI=1S/C14H19NO2S/c1-3-18-13-6-4-12(5-7-13)8-9-15-14(17)10-11(2)16/h4-7H,3,8-10H2,1-2H3,(H,15,17). The Morgan fingerprint density at radius 2 is 1.89 bits per heavy atom. The molecule has 0 aliphatic heterocycles. The van der Waals surface area contributed by atoms with Crippen LogP contribution in [-0.4, -0.2) is 24.0 Å². The summed E-state index contributed by atoms with van der Waals surface area (Å²) in [6.45, 7) is 4.12. The Hall–Kier alpha value is -1.29. The van der Waals surface area contributed by atoms with Gasteiger partial charge in [-0.1, -0.05) is 19.1 Å². The number of amides is 1. The molecular formula is C14H19NO2S. The Balaban J connectivity index is 2.31. The first-order chi connectivity index (χ1) is 8.61. The summed E-state index contributed by atoms with van der Waals surface area (Å²) in [6, 6.07) is 8.35. The van der Waals surface area contributed by atoms with E-state index in [0.29, 0.717) is 6.54 Å². The highest BCUT2D eigenvalue weighted by Gasteiger charge is 2.03. The van der Waals surface area contributed by atoms with Crippen LogP contribution in [0.4, 0.5) is 0 Å². The molecule has 0 aliphatic carbocycles. The highest BCUT2D eigenvalue weighted by atomic mass is 32.2. The van der Waals surface area contributed by atoms with Crippen LogP contribution in [0.1, 0.15) is 25.8 Å². The number of thioether (sulfide) groups is 1. The number of hydrogen-bond acceptors (Lipinski definition) is 3. The molecule has 1 aromatic carbocycles. The van der Waals surface area contributed by atoms with Crippen molar-refractivity contribution in [3.05, 3.63) is 29.8 Å². The molecular weight excluding hydrogens is 246 g/mol. The van der Waals surface area contributed by atoms with Gasteiger partial charge in [0.05, 0.1) is 6.42 Å². The lowest BCUT2D eigenvalue weighted by Crippen LogP contribution is -2.27. The average molecular weight is 265 g/mol. The molecule has 98 valence electrons. The van der Waals surface area contributed by atoms with Gasteiger partial charge in [-0.2, -0.15) is 0 Å². The predicted octanol–water partition coefficient (Wildman–Crippen LogP) is 2.44. The minimum absolute atomic E-state index is 0.0217. The monoisotopic (exact) mass is 265 g/mol. The van der Waals surface area contributed by atoms with E-state index in [4.69, 9.17) is 0 Å². The van der Waals surface area contributed by atoms with Crippen molar-refractivity contribution in [2.75, 3.05) is 12.3 Å². The van der Waals surface area contributed by atoms with Gasteiger partial charge in [0, 0.05) is 11.4 Å². The van der Waals surface area contributed by atoms with Crippen LogP contribution in [-0.2, 0) is 16.0 Å². The first-order valence-electron chi connectivity index (χ1n) is 6.09. The fourth-order valence-electron chi connectivity index (χ4n) is 1.55. The molecule has 1 N–H and O–H groups in total. The maximum Gasteiger partial charge on any atom is 0.227 e. The van der Waals surface area contributed by atoms with E-state index in [0.717, 1.165) is 12.2 Å². The van der Waals surface area contributed by atoms with E-state index >= 15 is 0 Å². The van der Waals surface area contributed by atoms with Crippen LogP contribution >= 0.6 is 11.8 Å². The van der Waals surface area contributed by atoms with Crippen molar-refractivity contribution < 1.29 is 9.59 Å². The van der Waals surface area contributed by atoms with E-state index < -0.39 is 0 Å². The first-order valence-corrected chi connectivity index (χ1v) is 7.08. The lowest BCUT2D eigenvalue weighted by molar-refractivity contribution is -0.127. The van der Waals surface area contributed by atoms with E-state index in [1.807, 2.05) is 11.8 Å². The molecule has 1 amide bonds. The Kier molecular flexibility index (Phi) is 6.50. The molecule has 0 unspecified atom stereocenters. The SMILES string of the molecule is CCSc1ccc(CCNC(=O)CC(C)=O)cc1. The normalized spacial score (nSPS) is 10.1. The molecule has 0 bridgehead atoms. The lowest BCUT2D eigenvalue weighted by atomic mass is 10.1. The Morgan fingerprint density at radius 3 is 2.44 bits per heavy atom. The molecule has 0 aliphatic rings. The van der Waals surface area contributed by atoms with Gasteiger partial charge in [0.25, 0.3) is 0 Å². The molecule has 0 radical (unpaired) electrons. The minimum atomic E-state index is -0.194. The quantitative estimate of drug-likeness (QED) is 0.608. The number of ketones is 1. The molecule has 0 spiro atoms. The number of Topliss-reactive ketones (excluding diaryl/α,β-unsaturated/α-hetero) is 1. The molecule has 1 rings (SSSR count). The summed E-state index contributed by atoms with van der Waals surface area (Å²) in [4.78, 5) is 23.2. The van der Waals surface area contributed by atoms with Crippen molar-refractivity contribution in [3.8, 4) is 0 Å². The summed E-state index contributed by atoms with van der Waals surface area (Å²) in [7, 11) is 0. The van der Waals surface area contributed by atoms with E-state index in [1.165, 1.54) is 17.4 Å². The van der Waals surface area contributed by atoms with Gasteiger partial charge in [-0.15, -0.1) is 11.8 Å². The van der Waals surface area contributed by atoms with Crippen molar-refractivity contribution in [3.63, 3.8) is 0 Å². The van der Waals surface area contributed by atoms with Crippen LogP contribution in [0.3, 0.4) is 0 Å². The fraction of sp³-hybridized carbons (Fsp3) is 0.429. The maximum absolute atomic E-state index is 11.2.